The molecule has 112 valence electrons. The summed E-state index contributed by atoms with van der Waals surface area (Å²) in [5.41, 5.74) is 7.73. The molecule has 0 unspecified atom stereocenters. The second kappa shape index (κ2) is 5.84. The average molecular weight is 284 g/mol. The van der Waals surface area contributed by atoms with Crippen molar-refractivity contribution in [1.82, 2.24) is 9.78 Å². The standard InChI is InChI=1S/C18H24N2O/c1-11-9-13(3)17(10-12(11)2)18(21)8-7-16-14(4)19-20(6)15(16)5/h9-10H,7-8H2,1-6H3. The molecule has 0 aliphatic rings. The molecule has 1 aromatic heterocycles. The van der Waals surface area contributed by atoms with Crippen molar-refractivity contribution in [3.63, 3.8) is 0 Å². The van der Waals surface area contributed by atoms with E-state index in [0.717, 1.165) is 28.9 Å². The zero-order valence-corrected chi connectivity index (χ0v) is 13.9. The Labute approximate surface area is 127 Å². The lowest BCUT2D eigenvalue weighted by Crippen LogP contribution is -2.06. The van der Waals surface area contributed by atoms with E-state index in [2.05, 4.69) is 31.9 Å². The Balaban J connectivity index is 2.17. The topological polar surface area (TPSA) is 34.9 Å². The molecule has 1 heterocycles. The zero-order chi connectivity index (χ0) is 15.7. The molecule has 21 heavy (non-hydrogen) atoms. The highest BCUT2D eigenvalue weighted by atomic mass is 16.1. The van der Waals surface area contributed by atoms with Gasteiger partial charge in [0.1, 0.15) is 0 Å². The van der Waals surface area contributed by atoms with Gasteiger partial charge in [-0.3, -0.25) is 9.48 Å². The molecule has 0 fully saturated rings. The molecule has 0 spiro atoms. The number of hydrogen-bond acceptors (Lipinski definition) is 2. The Morgan fingerprint density at radius 2 is 1.67 bits per heavy atom. The van der Waals surface area contributed by atoms with Crippen LogP contribution in [-0.2, 0) is 13.5 Å². The highest BCUT2D eigenvalue weighted by Gasteiger charge is 2.14. The number of Topliss-reactive ketones (excluding diaryl/α,β-unsaturated/α-hetero) is 1. The van der Waals surface area contributed by atoms with Crippen molar-refractivity contribution in [3.05, 3.63) is 51.3 Å². The van der Waals surface area contributed by atoms with Gasteiger partial charge in [-0.25, -0.2) is 0 Å². The Hall–Kier alpha value is -1.90. The SMILES string of the molecule is Cc1cc(C)c(C(=O)CCc2c(C)nn(C)c2C)cc1C. The molecule has 0 atom stereocenters. The Morgan fingerprint density at radius 1 is 1.05 bits per heavy atom. The second-order valence-corrected chi connectivity index (χ2v) is 5.95. The molecular formula is C18H24N2O. The van der Waals surface area contributed by atoms with E-state index in [1.54, 1.807) is 0 Å². The van der Waals surface area contributed by atoms with Crippen molar-refractivity contribution >= 4 is 5.78 Å². The monoisotopic (exact) mass is 284 g/mol. The third-order valence-corrected chi connectivity index (χ3v) is 4.40. The summed E-state index contributed by atoms with van der Waals surface area (Å²) >= 11 is 0. The van der Waals surface area contributed by atoms with Crippen molar-refractivity contribution in [2.45, 2.75) is 47.5 Å². The average Bonchev–Trinajstić information content (AvgIpc) is 2.65. The van der Waals surface area contributed by atoms with E-state index in [9.17, 15) is 4.79 Å². The summed E-state index contributed by atoms with van der Waals surface area (Å²) in [6.45, 7) is 10.2. The summed E-state index contributed by atoms with van der Waals surface area (Å²) < 4.78 is 1.89. The minimum atomic E-state index is 0.221. The molecule has 0 bridgehead atoms. The van der Waals surface area contributed by atoms with E-state index >= 15 is 0 Å². The van der Waals surface area contributed by atoms with Crippen molar-refractivity contribution < 1.29 is 4.79 Å². The summed E-state index contributed by atoms with van der Waals surface area (Å²) in [6.07, 6.45) is 1.30. The van der Waals surface area contributed by atoms with Crippen molar-refractivity contribution in [2.75, 3.05) is 0 Å². The maximum Gasteiger partial charge on any atom is 0.163 e. The van der Waals surface area contributed by atoms with Gasteiger partial charge in [-0.05, 0) is 69.4 Å². The quantitative estimate of drug-likeness (QED) is 0.801. The molecule has 3 heteroatoms. The number of carbonyl (C=O) groups excluding carboxylic acids is 1. The van der Waals surface area contributed by atoms with Crippen molar-refractivity contribution in [2.24, 2.45) is 7.05 Å². The lowest BCUT2D eigenvalue weighted by Gasteiger charge is -2.09. The molecule has 1 aromatic carbocycles. The van der Waals surface area contributed by atoms with Gasteiger partial charge >= 0.3 is 0 Å². The van der Waals surface area contributed by atoms with Crippen LogP contribution in [0.15, 0.2) is 12.1 Å². The van der Waals surface area contributed by atoms with Crippen molar-refractivity contribution in [1.29, 1.82) is 0 Å². The summed E-state index contributed by atoms with van der Waals surface area (Å²) in [5.74, 6) is 0.221. The van der Waals surface area contributed by atoms with Gasteiger partial charge in [0, 0.05) is 24.7 Å². The van der Waals surface area contributed by atoms with Crippen LogP contribution in [0.1, 0.15) is 50.4 Å². The molecule has 0 aliphatic heterocycles. The van der Waals surface area contributed by atoms with Crippen LogP contribution in [-0.4, -0.2) is 15.6 Å². The van der Waals surface area contributed by atoms with E-state index in [4.69, 9.17) is 0 Å². The maximum absolute atomic E-state index is 12.5. The highest BCUT2D eigenvalue weighted by Crippen LogP contribution is 2.19. The summed E-state index contributed by atoms with van der Waals surface area (Å²) in [5, 5.41) is 4.41. The van der Waals surface area contributed by atoms with Crippen molar-refractivity contribution in [3.8, 4) is 0 Å². The van der Waals surface area contributed by atoms with E-state index in [-0.39, 0.29) is 5.78 Å². The minimum absolute atomic E-state index is 0.221. The number of aromatic nitrogens is 2. The molecule has 0 saturated heterocycles. The van der Waals surface area contributed by atoms with Crippen LogP contribution in [0.2, 0.25) is 0 Å². The van der Waals surface area contributed by atoms with Gasteiger partial charge in [0.15, 0.2) is 5.78 Å². The Kier molecular flexibility index (Phi) is 4.31. The number of benzene rings is 1. The smallest absolute Gasteiger partial charge is 0.163 e. The van der Waals surface area contributed by atoms with E-state index in [1.165, 1.54) is 16.7 Å². The number of hydrogen-bond donors (Lipinski definition) is 0. The second-order valence-electron chi connectivity index (χ2n) is 5.95. The first-order valence-corrected chi connectivity index (χ1v) is 7.41. The molecule has 0 N–H and O–H groups in total. The van der Waals surface area contributed by atoms with Crippen LogP contribution in [0.3, 0.4) is 0 Å². The van der Waals surface area contributed by atoms with E-state index in [1.807, 2.05) is 31.6 Å². The van der Waals surface area contributed by atoms with Crippen LogP contribution in [0.5, 0.6) is 0 Å². The summed E-state index contributed by atoms with van der Waals surface area (Å²) in [4.78, 5) is 12.5. The lowest BCUT2D eigenvalue weighted by atomic mass is 9.95. The third-order valence-electron chi connectivity index (χ3n) is 4.40. The predicted molar refractivity (Wildman–Crippen MR) is 86.0 cm³/mol. The fourth-order valence-electron chi connectivity index (χ4n) is 2.81. The third kappa shape index (κ3) is 3.07. The number of rotatable bonds is 4. The fourth-order valence-corrected chi connectivity index (χ4v) is 2.81. The molecule has 2 rings (SSSR count). The normalized spacial score (nSPS) is 11.0. The number of nitrogens with zero attached hydrogens (tertiary/aromatic N) is 2. The first kappa shape index (κ1) is 15.5. The van der Waals surface area contributed by atoms with Gasteiger partial charge in [-0.2, -0.15) is 5.10 Å². The molecule has 0 amide bonds. The fraction of sp³-hybridized carbons (Fsp3) is 0.444. The number of ketones is 1. The molecule has 3 nitrogen and oxygen atoms in total. The van der Waals surface area contributed by atoms with Crippen LogP contribution in [0, 0.1) is 34.6 Å². The van der Waals surface area contributed by atoms with Crippen LogP contribution >= 0.6 is 0 Å². The zero-order valence-electron chi connectivity index (χ0n) is 13.9. The van der Waals surface area contributed by atoms with Gasteiger partial charge in [-0.15, -0.1) is 0 Å². The van der Waals surface area contributed by atoms with Gasteiger partial charge in [0.25, 0.3) is 0 Å². The predicted octanol–water partition coefficient (Wildman–Crippen LogP) is 3.78. The Bertz CT molecular complexity index is 696. The van der Waals surface area contributed by atoms with Gasteiger partial charge in [0.05, 0.1) is 5.69 Å². The van der Waals surface area contributed by atoms with Gasteiger partial charge < -0.3 is 0 Å². The van der Waals surface area contributed by atoms with Gasteiger partial charge in [-0.1, -0.05) is 6.07 Å². The first-order valence-electron chi connectivity index (χ1n) is 7.41. The highest BCUT2D eigenvalue weighted by molar-refractivity contribution is 5.97. The van der Waals surface area contributed by atoms with Gasteiger partial charge in [0.2, 0.25) is 0 Å². The molecule has 2 aromatic rings. The van der Waals surface area contributed by atoms with Crippen LogP contribution in [0.4, 0.5) is 0 Å². The Morgan fingerprint density at radius 3 is 2.24 bits per heavy atom. The summed E-state index contributed by atoms with van der Waals surface area (Å²) in [6, 6.07) is 4.12. The maximum atomic E-state index is 12.5. The summed E-state index contributed by atoms with van der Waals surface area (Å²) in [7, 11) is 1.95. The molecular weight excluding hydrogens is 260 g/mol. The van der Waals surface area contributed by atoms with E-state index in [0.29, 0.717) is 6.42 Å². The number of aryl methyl sites for hydroxylation is 5. The molecule has 0 radical (unpaired) electrons. The number of carbonyl (C=O) groups is 1. The minimum Gasteiger partial charge on any atom is -0.294 e. The van der Waals surface area contributed by atoms with E-state index < -0.39 is 0 Å². The van der Waals surface area contributed by atoms with Crippen LogP contribution in [0.25, 0.3) is 0 Å². The molecule has 0 saturated carbocycles. The first-order chi connectivity index (χ1) is 9.81. The lowest BCUT2D eigenvalue weighted by molar-refractivity contribution is 0.0982. The largest absolute Gasteiger partial charge is 0.294 e. The van der Waals surface area contributed by atoms with Crippen LogP contribution < -0.4 is 0 Å². The molecule has 0 aliphatic carbocycles.